The topological polar surface area (TPSA) is 105 Å². The second-order valence-corrected chi connectivity index (χ2v) is 10.6. The number of nitrogens with zero attached hydrogens (tertiary/aromatic N) is 1. The van der Waals surface area contributed by atoms with Gasteiger partial charge in [0.15, 0.2) is 0 Å². The molecule has 2 N–H and O–H groups in total. The van der Waals surface area contributed by atoms with Crippen molar-refractivity contribution in [3.05, 3.63) is 83.9 Å². The normalized spacial score (nSPS) is 11.1. The van der Waals surface area contributed by atoms with Crippen molar-refractivity contribution in [3.63, 3.8) is 0 Å². The first kappa shape index (κ1) is 26.7. The Balaban J connectivity index is 1.96. The summed E-state index contributed by atoms with van der Waals surface area (Å²) in [5, 5.41) is 5.54. The largest absolute Gasteiger partial charge is 0.495 e. The maximum Gasteiger partial charge on any atom is 0.264 e. The number of carbonyl (C=O) groups is 2. The number of carbonyl (C=O) groups excluding carboxylic acids is 2. The van der Waals surface area contributed by atoms with Crippen LogP contribution in [0.1, 0.15) is 29.8 Å². The second kappa shape index (κ2) is 11.7. The van der Waals surface area contributed by atoms with Crippen molar-refractivity contribution in [2.75, 3.05) is 29.8 Å². The predicted molar refractivity (Wildman–Crippen MR) is 141 cm³/mol. The zero-order valence-corrected chi connectivity index (χ0v) is 21.6. The molecular formula is C27H31N3O5S. The van der Waals surface area contributed by atoms with E-state index in [1.165, 1.54) is 19.2 Å². The van der Waals surface area contributed by atoms with Crippen molar-refractivity contribution < 1.29 is 22.7 Å². The van der Waals surface area contributed by atoms with Gasteiger partial charge >= 0.3 is 0 Å². The first-order valence-electron chi connectivity index (χ1n) is 11.5. The maximum atomic E-state index is 13.7. The molecule has 0 saturated heterocycles. The predicted octanol–water partition coefficient (Wildman–Crippen LogP) is 4.22. The van der Waals surface area contributed by atoms with Crippen LogP contribution in [0.5, 0.6) is 5.75 Å². The number of ether oxygens (including phenoxy) is 1. The lowest BCUT2D eigenvalue weighted by Gasteiger charge is -2.26. The number of para-hydroxylation sites is 1. The van der Waals surface area contributed by atoms with E-state index in [-0.39, 0.29) is 33.7 Å². The molecule has 3 rings (SSSR count). The fourth-order valence-electron chi connectivity index (χ4n) is 3.52. The van der Waals surface area contributed by atoms with Crippen molar-refractivity contribution in [2.24, 2.45) is 5.92 Å². The third kappa shape index (κ3) is 6.42. The molecule has 3 aromatic carbocycles. The summed E-state index contributed by atoms with van der Waals surface area (Å²) in [6.07, 6.45) is 0. The molecule has 8 nitrogen and oxygen atoms in total. The first-order chi connectivity index (χ1) is 17.1. The van der Waals surface area contributed by atoms with Crippen LogP contribution in [-0.4, -0.2) is 40.4 Å². The van der Waals surface area contributed by atoms with Gasteiger partial charge in [-0.3, -0.25) is 13.9 Å². The number of sulfonamides is 1. The molecule has 0 aliphatic heterocycles. The lowest BCUT2D eigenvalue weighted by atomic mass is 10.1. The summed E-state index contributed by atoms with van der Waals surface area (Å²) in [6, 6.07) is 19.6. The molecule has 36 heavy (non-hydrogen) atoms. The summed E-state index contributed by atoms with van der Waals surface area (Å²) in [5.74, 6) is -0.367. The Hall–Kier alpha value is -3.85. The minimum atomic E-state index is -4.12. The van der Waals surface area contributed by atoms with Crippen LogP contribution in [0.25, 0.3) is 0 Å². The molecule has 3 aromatic rings. The Bertz CT molecular complexity index is 1320. The quantitative estimate of drug-likeness (QED) is 0.426. The summed E-state index contributed by atoms with van der Waals surface area (Å²) in [4.78, 5) is 25.9. The van der Waals surface area contributed by atoms with E-state index in [0.717, 1.165) is 9.87 Å². The highest BCUT2D eigenvalue weighted by Gasteiger charge is 2.30. The molecule has 0 aliphatic carbocycles. The number of rotatable bonds is 10. The van der Waals surface area contributed by atoms with Gasteiger partial charge in [-0.05, 0) is 54.8 Å². The number of hydrogen-bond acceptors (Lipinski definition) is 5. The Kier molecular flexibility index (Phi) is 8.71. The van der Waals surface area contributed by atoms with E-state index in [2.05, 4.69) is 10.6 Å². The summed E-state index contributed by atoms with van der Waals surface area (Å²) in [6.45, 7) is 5.74. The highest BCUT2D eigenvalue weighted by molar-refractivity contribution is 7.92. The van der Waals surface area contributed by atoms with E-state index < -0.39 is 22.5 Å². The van der Waals surface area contributed by atoms with Crippen LogP contribution in [0.4, 0.5) is 11.4 Å². The highest BCUT2D eigenvalue weighted by atomic mass is 32.2. The Labute approximate surface area is 212 Å². The third-order valence-electron chi connectivity index (χ3n) is 5.34. The van der Waals surface area contributed by atoms with Gasteiger partial charge in [0.05, 0.1) is 28.9 Å². The van der Waals surface area contributed by atoms with Gasteiger partial charge < -0.3 is 15.4 Å². The zero-order valence-electron chi connectivity index (χ0n) is 20.8. The van der Waals surface area contributed by atoms with Crippen LogP contribution in [-0.2, 0) is 14.8 Å². The second-order valence-electron chi connectivity index (χ2n) is 8.70. The van der Waals surface area contributed by atoms with Gasteiger partial charge in [-0.1, -0.05) is 50.2 Å². The Morgan fingerprint density at radius 1 is 0.972 bits per heavy atom. The van der Waals surface area contributed by atoms with Crippen molar-refractivity contribution in [1.82, 2.24) is 5.32 Å². The standard InChI is InChI=1S/C27H31N3O5S/c1-19(2)17-28-27(32)22-12-8-9-13-23(22)29-26(31)18-30(24-16-20(3)14-15-25(24)35-4)36(33,34)21-10-6-5-7-11-21/h5-16,19H,17-18H2,1-4H3,(H,28,32)(H,29,31). The molecule has 0 aliphatic rings. The van der Waals surface area contributed by atoms with E-state index in [9.17, 15) is 18.0 Å². The van der Waals surface area contributed by atoms with Gasteiger partial charge in [0.2, 0.25) is 5.91 Å². The van der Waals surface area contributed by atoms with Crippen LogP contribution in [0.2, 0.25) is 0 Å². The molecule has 0 fully saturated rings. The third-order valence-corrected chi connectivity index (χ3v) is 7.11. The SMILES string of the molecule is COc1ccc(C)cc1N(CC(=O)Nc1ccccc1C(=O)NCC(C)C)S(=O)(=O)c1ccccc1. The van der Waals surface area contributed by atoms with Crippen LogP contribution >= 0.6 is 0 Å². The fraction of sp³-hybridized carbons (Fsp3) is 0.259. The molecule has 2 amide bonds. The smallest absolute Gasteiger partial charge is 0.264 e. The van der Waals surface area contributed by atoms with Gasteiger partial charge in [-0.25, -0.2) is 8.42 Å². The molecule has 0 bridgehead atoms. The molecule has 9 heteroatoms. The lowest BCUT2D eigenvalue weighted by Crippen LogP contribution is -2.38. The van der Waals surface area contributed by atoms with Crippen molar-refractivity contribution in [3.8, 4) is 5.75 Å². The van der Waals surface area contributed by atoms with Gasteiger partial charge in [-0.15, -0.1) is 0 Å². The lowest BCUT2D eigenvalue weighted by molar-refractivity contribution is -0.114. The zero-order chi connectivity index (χ0) is 26.3. The number of amides is 2. The average molecular weight is 510 g/mol. The van der Waals surface area contributed by atoms with Crippen LogP contribution in [0.15, 0.2) is 77.7 Å². The van der Waals surface area contributed by atoms with Gasteiger partial charge in [0.25, 0.3) is 15.9 Å². The molecule has 0 spiro atoms. The van der Waals surface area contributed by atoms with E-state index in [0.29, 0.717) is 12.3 Å². The van der Waals surface area contributed by atoms with Gasteiger partial charge in [0, 0.05) is 6.54 Å². The molecule has 0 atom stereocenters. The molecular weight excluding hydrogens is 478 g/mol. The van der Waals surface area contributed by atoms with E-state index in [1.54, 1.807) is 60.7 Å². The van der Waals surface area contributed by atoms with Crippen LogP contribution < -0.4 is 19.7 Å². The van der Waals surface area contributed by atoms with E-state index >= 15 is 0 Å². The summed E-state index contributed by atoms with van der Waals surface area (Å²) >= 11 is 0. The monoisotopic (exact) mass is 509 g/mol. The molecule has 190 valence electrons. The Morgan fingerprint density at radius 3 is 2.31 bits per heavy atom. The highest BCUT2D eigenvalue weighted by Crippen LogP contribution is 2.33. The number of benzene rings is 3. The number of anilines is 2. The molecule has 0 heterocycles. The molecule has 0 saturated carbocycles. The fourth-order valence-corrected chi connectivity index (χ4v) is 4.96. The van der Waals surface area contributed by atoms with Gasteiger partial charge in [0.1, 0.15) is 12.3 Å². The first-order valence-corrected chi connectivity index (χ1v) is 13.0. The number of methoxy groups -OCH3 is 1. The summed E-state index contributed by atoms with van der Waals surface area (Å²) < 4.78 is 33.7. The molecule has 0 aromatic heterocycles. The van der Waals surface area contributed by atoms with Crippen molar-refractivity contribution >= 4 is 33.2 Å². The minimum Gasteiger partial charge on any atom is -0.495 e. The van der Waals surface area contributed by atoms with Crippen molar-refractivity contribution in [2.45, 2.75) is 25.7 Å². The van der Waals surface area contributed by atoms with Crippen molar-refractivity contribution in [1.29, 1.82) is 0 Å². The number of aryl methyl sites for hydroxylation is 1. The average Bonchev–Trinajstić information content (AvgIpc) is 2.86. The maximum absolute atomic E-state index is 13.7. The number of hydrogen-bond donors (Lipinski definition) is 2. The Morgan fingerprint density at radius 2 is 1.64 bits per heavy atom. The summed E-state index contributed by atoms with van der Waals surface area (Å²) in [5.41, 5.74) is 1.61. The molecule has 0 radical (unpaired) electrons. The molecule has 0 unspecified atom stereocenters. The van der Waals surface area contributed by atoms with Crippen LogP contribution in [0.3, 0.4) is 0 Å². The van der Waals surface area contributed by atoms with Crippen LogP contribution in [0, 0.1) is 12.8 Å². The minimum absolute atomic E-state index is 0.0369. The summed E-state index contributed by atoms with van der Waals surface area (Å²) in [7, 11) is -2.68. The van der Waals surface area contributed by atoms with E-state index in [1.807, 2.05) is 20.8 Å². The van der Waals surface area contributed by atoms with E-state index in [4.69, 9.17) is 4.74 Å². The number of nitrogens with one attached hydrogen (secondary N) is 2. The van der Waals surface area contributed by atoms with Gasteiger partial charge in [-0.2, -0.15) is 0 Å².